The van der Waals surface area contributed by atoms with Gasteiger partial charge in [-0.2, -0.15) is 5.26 Å². The third-order valence-electron chi connectivity index (χ3n) is 2.21. The number of carbonyl (C=O) groups is 1. The molecule has 0 unspecified atom stereocenters. The smallest absolute Gasteiger partial charge is 0.319 e. The summed E-state index contributed by atoms with van der Waals surface area (Å²) in [4.78, 5) is 11.8. The average Bonchev–Trinajstić information content (AvgIpc) is 2.17. The fraction of sp³-hybridized carbons (Fsp3) is 0.333. The van der Waals surface area contributed by atoms with Crippen molar-refractivity contribution in [2.24, 2.45) is 0 Å². The average molecular weight is 235 g/mol. The molecule has 1 aromatic carbocycles. The summed E-state index contributed by atoms with van der Waals surface area (Å²) in [5.41, 5.74) is 1.49. The first-order chi connectivity index (χ1) is 7.36. The number of aryl methyl sites for hydroxylation is 1. The first kappa shape index (κ1) is 12.6. The number of carboxylic acid groups (broad SMARTS) is 1. The molecule has 0 atom stereocenters. The lowest BCUT2D eigenvalue weighted by Crippen LogP contribution is -2.26. The topological polar surface area (TPSA) is 61.1 Å². The molecular formula is C12H13NO2S. The molecule has 84 valence electrons. The van der Waals surface area contributed by atoms with Crippen molar-refractivity contribution < 1.29 is 9.90 Å². The van der Waals surface area contributed by atoms with E-state index in [1.54, 1.807) is 26.0 Å². The van der Waals surface area contributed by atoms with E-state index in [0.29, 0.717) is 5.56 Å². The zero-order valence-corrected chi connectivity index (χ0v) is 10.3. The van der Waals surface area contributed by atoms with Gasteiger partial charge in [0.1, 0.15) is 4.75 Å². The van der Waals surface area contributed by atoms with Crippen molar-refractivity contribution in [2.45, 2.75) is 30.4 Å². The zero-order chi connectivity index (χ0) is 12.3. The van der Waals surface area contributed by atoms with Gasteiger partial charge in [0, 0.05) is 4.90 Å². The Hall–Kier alpha value is -1.47. The molecule has 0 spiro atoms. The second kappa shape index (κ2) is 4.58. The fourth-order valence-electron chi connectivity index (χ4n) is 1.16. The van der Waals surface area contributed by atoms with Crippen molar-refractivity contribution in [3.8, 4) is 6.07 Å². The lowest BCUT2D eigenvalue weighted by molar-refractivity contribution is -0.138. The van der Waals surface area contributed by atoms with Crippen LogP contribution in [0.3, 0.4) is 0 Å². The molecule has 16 heavy (non-hydrogen) atoms. The Kier molecular flexibility index (Phi) is 3.61. The van der Waals surface area contributed by atoms with E-state index in [4.69, 9.17) is 10.4 Å². The van der Waals surface area contributed by atoms with E-state index in [9.17, 15) is 4.79 Å². The van der Waals surface area contributed by atoms with Crippen molar-refractivity contribution in [1.82, 2.24) is 0 Å². The number of thioether (sulfide) groups is 1. The van der Waals surface area contributed by atoms with E-state index < -0.39 is 10.7 Å². The van der Waals surface area contributed by atoms with E-state index in [-0.39, 0.29) is 0 Å². The summed E-state index contributed by atoms with van der Waals surface area (Å²) in [5, 5.41) is 17.8. The predicted molar refractivity (Wildman–Crippen MR) is 63.5 cm³/mol. The van der Waals surface area contributed by atoms with Gasteiger partial charge in [0.2, 0.25) is 0 Å². The van der Waals surface area contributed by atoms with E-state index >= 15 is 0 Å². The van der Waals surface area contributed by atoms with Crippen LogP contribution in [0.25, 0.3) is 0 Å². The number of carboxylic acids is 1. The molecule has 0 saturated heterocycles. The number of nitrogens with zero attached hydrogens (tertiary/aromatic N) is 1. The number of hydrogen-bond acceptors (Lipinski definition) is 3. The number of aliphatic carboxylic acids is 1. The molecule has 0 fully saturated rings. The van der Waals surface area contributed by atoms with Crippen molar-refractivity contribution in [2.75, 3.05) is 0 Å². The van der Waals surface area contributed by atoms with Gasteiger partial charge in [-0.25, -0.2) is 0 Å². The minimum Gasteiger partial charge on any atom is -0.480 e. The van der Waals surface area contributed by atoms with Crippen LogP contribution >= 0.6 is 11.8 Å². The van der Waals surface area contributed by atoms with Crippen molar-refractivity contribution in [1.29, 1.82) is 5.26 Å². The van der Waals surface area contributed by atoms with Crippen LogP contribution in [0.15, 0.2) is 23.1 Å². The van der Waals surface area contributed by atoms with Gasteiger partial charge < -0.3 is 5.11 Å². The number of benzene rings is 1. The van der Waals surface area contributed by atoms with Crippen molar-refractivity contribution in [3.63, 3.8) is 0 Å². The van der Waals surface area contributed by atoms with Crippen LogP contribution in [-0.2, 0) is 4.79 Å². The molecule has 1 rings (SSSR count). The molecule has 0 saturated carbocycles. The molecule has 1 aromatic rings. The summed E-state index contributed by atoms with van der Waals surface area (Å²) in [6.07, 6.45) is 0. The highest BCUT2D eigenvalue weighted by Crippen LogP contribution is 2.33. The normalized spacial score (nSPS) is 10.9. The summed E-state index contributed by atoms with van der Waals surface area (Å²) in [6.45, 7) is 5.16. The third kappa shape index (κ3) is 2.77. The van der Waals surface area contributed by atoms with Crippen LogP contribution < -0.4 is 0 Å². The number of nitriles is 1. The van der Waals surface area contributed by atoms with E-state index in [1.807, 2.05) is 13.0 Å². The molecule has 0 aliphatic heterocycles. The largest absolute Gasteiger partial charge is 0.480 e. The molecular weight excluding hydrogens is 222 g/mol. The van der Waals surface area contributed by atoms with Gasteiger partial charge in [-0.3, -0.25) is 4.79 Å². The standard InChI is InChI=1S/C12H13NO2S/c1-8-6-10(5-4-9(8)7-13)16-12(2,3)11(14)15/h4-6H,1-3H3,(H,14,15). The summed E-state index contributed by atoms with van der Waals surface area (Å²) in [7, 11) is 0. The maximum absolute atomic E-state index is 11.0. The molecule has 0 amide bonds. The number of hydrogen-bond donors (Lipinski definition) is 1. The highest BCUT2D eigenvalue weighted by Gasteiger charge is 2.28. The minimum absolute atomic E-state index is 0.623. The predicted octanol–water partition coefficient (Wildman–Crippen LogP) is 2.82. The fourth-order valence-corrected chi connectivity index (χ4v) is 2.21. The van der Waals surface area contributed by atoms with Gasteiger partial charge in [0.25, 0.3) is 0 Å². The van der Waals surface area contributed by atoms with Crippen LogP contribution in [0.2, 0.25) is 0 Å². The van der Waals surface area contributed by atoms with E-state index in [2.05, 4.69) is 6.07 Å². The molecule has 1 N–H and O–H groups in total. The van der Waals surface area contributed by atoms with Crippen molar-refractivity contribution >= 4 is 17.7 Å². The molecule has 0 aliphatic rings. The first-order valence-corrected chi connectivity index (χ1v) is 5.61. The van der Waals surface area contributed by atoms with E-state index in [1.165, 1.54) is 11.8 Å². The Labute approximate surface area is 99.1 Å². The van der Waals surface area contributed by atoms with Crippen LogP contribution in [0, 0.1) is 18.3 Å². The Morgan fingerprint density at radius 2 is 2.12 bits per heavy atom. The Bertz CT molecular complexity index is 461. The third-order valence-corrected chi connectivity index (χ3v) is 3.38. The van der Waals surface area contributed by atoms with E-state index in [0.717, 1.165) is 10.5 Å². The molecule has 4 heteroatoms. The van der Waals surface area contributed by atoms with Gasteiger partial charge in [-0.1, -0.05) is 0 Å². The van der Waals surface area contributed by atoms with Crippen LogP contribution in [0.4, 0.5) is 0 Å². The lowest BCUT2D eigenvalue weighted by atomic mass is 10.1. The van der Waals surface area contributed by atoms with Gasteiger partial charge in [0.15, 0.2) is 0 Å². The Balaban J connectivity index is 2.97. The van der Waals surface area contributed by atoms with Gasteiger partial charge >= 0.3 is 5.97 Å². The summed E-state index contributed by atoms with van der Waals surface area (Å²) >= 11 is 1.28. The molecule has 0 radical (unpaired) electrons. The lowest BCUT2D eigenvalue weighted by Gasteiger charge is -2.18. The molecule has 0 heterocycles. The quantitative estimate of drug-likeness (QED) is 0.818. The highest BCUT2D eigenvalue weighted by molar-refractivity contribution is 8.01. The highest BCUT2D eigenvalue weighted by atomic mass is 32.2. The minimum atomic E-state index is -0.861. The summed E-state index contributed by atoms with van der Waals surface area (Å²) in [6, 6.07) is 7.42. The van der Waals surface area contributed by atoms with Gasteiger partial charge in [0.05, 0.1) is 11.6 Å². The maximum atomic E-state index is 11.0. The molecule has 3 nitrogen and oxygen atoms in total. The van der Waals surface area contributed by atoms with Crippen LogP contribution in [0.5, 0.6) is 0 Å². The second-order valence-corrected chi connectivity index (χ2v) is 5.70. The zero-order valence-electron chi connectivity index (χ0n) is 9.44. The summed E-state index contributed by atoms with van der Waals surface area (Å²) < 4.78 is -0.861. The van der Waals surface area contributed by atoms with Crippen LogP contribution in [0.1, 0.15) is 25.0 Å². The summed E-state index contributed by atoms with van der Waals surface area (Å²) in [5.74, 6) is -0.848. The van der Waals surface area contributed by atoms with Gasteiger partial charge in [-0.05, 0) is 44.5 Å². The SMILES string of the molecule is Cc1cc(SC(C)(C)C(=O)O)ccc1C#N. The molecule has 0 aliphatic carbocycles. The Morgan fingerprint density at radius 3 is 2.56 bits per heavy atom. The Morgan fingerprint density at radius 1 is 1.50 bits per heavy atom. The molecule has 0 bridgehead atoms. The molecule has 0 aromatic heterocycles. The van der Waals surface area contributed by atoms with Crippen molar-refractivity contribution in [3.05, 3.63) is 29.3 Å². The second-order valence-electron chi connectivity index (χ2n) is 4.01. The number of rotatable bonds is 3. The van der Waals surface area contributed by atoms with Gasteiger partial charge in [-0.15, -0.1) is 11.8 Å². The monoisotopic (exact) mass is 235 g/mol. The van der Waals surface area contributed by atoms with Crippen LogP contribution in [-0.4, -0.2) is 15.8 Å². The maximum Gasteiger partial charge on any atom is 0.319 e. The first-order valence-electron chi connectivity index (χ1n) is 4.80.